The monoisotopic (exact) mass is 249 g/mol. The van der Waals surface area contributed by atoms with Gasteiger partial charge in [0, 0.05) is 5.69 Å². The van der Waals surface area contributed by atoms with E-state index in [2.05, 4.69) is 5.32 Å². The Kier molecular flexibility index (Phi) is 5.77. The Labute approximate surface area is 108 Å². The van der Waals surface area contributed by atoms with Gasteiger partial charge in [-0.25, -0.2) is 4.79 Å². The topological polar surface area (TPSA) is 47.6 Å². The molecule has 0 bridgehead atoms. The lowest BCUT2D eigenvalue weighted by atomic mass is 10.2. The van der Waals surface area contributed by atoms with Crippen molar-refractivity contribution < 1.29 is 14.3 Å². The van der Waals surface area contributed by atoms with Crippen molar-refractivity contribution in [2.45, 2.75) is 20.3 Å². The summed E-state index contributed by atoms with van der Waals surface area (Å²) in [5.74, 6) is 0.438. The van der Waals surface area contributed by atoms with E-state index in [4.69, 9.17) is 9.47 Å². The van der Waals surface area contributed by atoms with Gasteiger partial charge in [-0.05, 0) is 37.6 Å². The Morgan fingerprint density at radius 1 is 1.28 bits per heavy atom. The zero-order valence-electron chi connectivity index (χ0n) is 11.0. The molecule has 1 aromatic carbocycles. The molecule has 1 N–H and O–H groups in total. The highest BCUT2D eigenvalue weighted by molar-refractivity contribution is 5.91. The van der Waals surface area contributed by atoms with Crippen LogP contribution in [0.15, 0.2) is 36.0 Å². The van der Waals surface area contributed by atoms with Crippen LogP contribution < -0.4 is 10.1 Å². The normalized spacial score (nSPS) is 10.9. The fourth-order valence-electron chi connectivity index (χ4n) is 1.43. The molecule has 0 aliphatic heterocycles. The summed E-state index contributed by atoms with van der Waals surface area (Å²) in [4.78, 5) is 11.7. The molecule has 0 saturated carbocycles. The molecule has 4 heteroatoms. The first-order chi connectivity index (χ1) is 8.71. The molecule has 18 heavy (non-hydrogen) atoms. The Morgan fingerprint density at radius 3 is 2.44 bits per heavy atom. The van der Waals surface area contributed by atoms with Crippen LogP contribution in [0.5, 0.6) is 5.75 Å². The summed E-state index contributed by atoms with van der Waals surface area (Å²) in [6.07, 6.45) is 2.57. The molecule has 0 spiro atoms. The van der Waals surface area contributed by atoms with Gasteiger partial charge in [0.2, 0.25) is 0 Å². The number of carbonyl (C=O) groups is 1. The summed E-state index contributed by atoms with van der Waals surface area (Å²) in [6, 6.07) is 7.36. The molecule has 0 radical (unpaired) electrons. The number of allylic oxidation sites excluding steroid dienone is 1. The second kappa shape index (κ2) is 7.37. The average Bonchev–Trinajstić information content (AvgIpc) is 2.39. The predicted octanol–water partition coefficient (Wildman–Crippen LogP) is 2.96. The molecule has 0 aliphatic carbocycles. The SMILES string of the molecule is CC/C=C(\Nc1ccc(OC)cc1)C(=O)OCC. The molecule has 0 aromatic heterocycles. The standard InChI is InChI=1S/C14H19NO3/c1-4-6-13(14(16)18-5-2)15-11-7-9-12(17-3)10-8-11/h6-10,15H,4-5H2,1-3H3/b13-6-. The average molecular weight is 249 g/mol. The van der Waals surface area contributed by atoms with Gasteiger partial charge >= 0.3 is 5.97 Å². The van der Waals surface area contributed by atoms with Crippen LogP contribution in [0.25, 0.3) is 0 Å². The smallest absolute Gasteiger partial charge is 0.354 e. The zero-order valence-corrected chi connectivity index (χ0v) is 11.0. The number of anilines is 1. The lowest BCUT2D eigenvalue weighted by Gasteiger charge is -2.10. The Hall–Kier alpha value is -1.97. The maximum atomic E-state index is 11.7. The molecule has 0 heterocycles. The van der Waals surface area contributed by atoms with Crippen LogP contribution in [-0.2, 0) is 9.53 Å². The highest BCUT2D eigenvalue weighted by atomic mass is 16.5. The second-order valence-electron chi connectivity index (χ2n) is 3.60. The van der Waals surface area contributed by atoms with Gasteiger partial charge in [-0.3, -0.25) is 0 Å². The van der Waals surface area contributed by atoms with Gasteiger partial charge in [0.1, 0.15) is 11.4 Å². The summed E-state index contributed by atoms with van der Waals surface area (Å²) in [5, 5.41) is 3.05. The maximum Gasteiger partial charge on any atom is 0.354 e. The van der Waals surface area contributed by atoms with Crippen molar-refractivity contribution in [3.8, 4) is 5.75 Å². The lowest BCUT2D eigenvalue weighted by molar-refractivity contribution is -0.138. The highest BCUT2D eigenvalue weighted by Gasteiger charge is 2.09. The zero-order chi connectivity index (χ0) is 13.4. The van der Waals surface area contributed by atoms with Gasteiger partial charge in [0.15, 0.2) is 0 Å². The number of benzene rings is 1. The number of nitrogens with one attached hydrogen (secondary N) is 1. The molecule has 1 rings (SSSR count). The molecule has 0 aliphatic rings. The fourth-order valence-corrected chi connectivity index (χ4v) is 1.43. The molecule has 0 unspecified atom stereocenters. The Morgan fingerprint density at radius 2 is 1.94 bits per heavy atom. The van der Waals surface area contributed by atoms with E-state index in [1.807, 2.05) is 37.3 Å². The molecule has 4 nitrogen and oxygen atoms in total. The van der Waals surface area contributed by atoms with E-state index in [1.165, 1.54) is 0 Å². The van der Waals surface area contributed by atoms with E-state index < -0.39 is 0 Å². The van der Waals surface area contributed by atoms with Gasteiger partial charge in [-0.15, -0.1) is 0 Å². The summed E-state index contributed by atoms with van der Waals surface area (Å²) in [5.41, 5.74) is 1.29. The molecule has 1 aromatic rings. The maximum absolute atomic E-state index is 11.7. The number of ether oxygens (including phenoxy) is 2. The number of rotatable bonds is 6. The van der Waals surface area contributed by atoms with Crippen LogP contribution in [-0.4, -0.2) is 19.7 Å². The van der Waals surface area contributed by atoms with E-state index in [1.54, 1.807) is 14.0 Å². The van der Waals surface area contributed by atoms with Crippen molar-refractivity contribution in [2.24, 2.45) is 0 Å². The van der Waals surface area contributed by atoms with E-state index in [0.717, 1.165) is 17.9 Å². The van der Waals surface area contributed by atoms with Crippen LogP contribution in [0, 0.1) is 0 Å². The Bertz CT molecular complexity index is 410. The van der Waals surface area contributed by atoms with Crippen LogP contribution in [0.1, 0.15) is 20.3 Å². The van der Waals surface area contributed by atoms with Gasteiger partial charge in [0.25, 0.3) is 0 Å². The third-order valence-corrected chi connectivity index (χ3v) is 2.27. The van der Waals surface area contributed by atoms with Gasteiger partial charge in [0.05, 0.1) is 13.7 Å². The van der Waals surface area contributed by atoms with Crippen molar-refractivity contribution in [1.29, 1.82) is 0 Å². The van der Waals surface area contributed by atoms with Crippen molar-refractivity contribution in [2.75, 3.05) is 19.0 Å². The quantitative estimate of drug-likeness (QED) is 0.622. The third kappa shape index (κ3) is 4.13. The molecule has 0 atom stereocenters. The first-order valence-corrected chi connectivity index (χ1v) is 5.99. The van der Waals surface area contributed by atoms with E-state index in [9.17, 15) is 4.79 Å². The largest absolute Gasteiger partial charge is 0.497 e. The number of hydrogen-bond donors (Lipinski definition) is 1. The molecule has 98 valence electrons. The highest BCUT2D eigenvalue weighted by Crippen LogP contribution is 2.17. The predicted molar refractivity (Wildman–Crippen MR) is 71.6 cm³/mol. The van der Waals surface area contributed by atoms with Crippen LogP contribution in [0.2, 0.25) is 0 Å². The van der Waals surface area contributed by atoms with Crippen molar-refractivity contribution >= 4 is 11.7 Å². The first-order valence-electron chi connectivity index (χ1n) is 5.99. The van der Waals surface area contributed by atoms with Crippen molar-refractivity contribution in [1.82, 2.24) is 0 Å². The van der Waals surface area contributed by atoms with Crippen LogP contribution in [0.4, 0.5) is 5.69 Å². The minimum Gasteiger partial charge on any atom is -0.497 e. The molecule has 0 amide bonds. The number of hydrogen-bond acceptors (Lipinski definition) is 4. The number of esters is 1. The molecular formula is C14H19NO3. The Balaban J connectivity index is 2.76. The number of methoxy groups -OCH3 is 1. The fraction of sp³-hybridized carbons (Fsp3) is 0.357. The first kappa shape index (κ1) is 14.1. The third-order valence-electron chi connectivity index (χ3n) is 2.27. The van der Waals surface area contributed by atoms with E-state index in [-0.39, 0.29) is 5.97 Å². The second-order valence-corrected chi connectivity index (χ2v) is 3.60. The summed E-state index contributed by atoms with van der Waals surface area (Å²) >= 11 is 0. The van der Waals surface area contributed by atoms with E-state index in [0.29, 0.717) is 12.3 Å². The molecular weight excluding hydrogens is 230 g/mol. The molecule has 0 saturated heterocycles. The van der Waals surface area contributed by atoms with Crippen LogP contribution >= 0.6 is 0 Å². The van der Waals surface area contributed by atoms with Crippen LogP contribution in [0.3, 0.4) is 0 Å². The summed E-state index contributed by atoms with van der Waals surface area (Å²) < 4.78 is 10.1. The summed E-state index contributed by atoms with van der Waals surface area (Å²) in [7, 11) is 1.61. The minimum atomic E-state index is -0.338. The van der Waals surface area contributed by atoms with Gasteiger partial charge in [-0.2, -0.15) is 0 Å². The van der Waals surface area contributed by atoms with Crippen molar-refractivity contribution in [3.05, 3.63) is 36.0 Å². The van der Waals surface area contributed by atoms with Gasteiger partial charge in [-0.1, -0.05) is 13.0 Å². The molecule has 0 fully saturated rings. The van der Waals surface area contributed by atoms with E-state index >= 15 is 0 Å². The van der Waals surface area contributed by atoms with Gasteiger partial charge < -0.3 is 14.8 Å². The number of carbonyl (C=O) groups excluding carboxylic acids is 1. The lowest BCUT2D eigenvalue weighted by Crippen LogP contribution is -2.14. The minimum absolute atomic E-state index is 0.338. The van der Waals surface area contributed by atoms with Crippen molar-refractivity contribution in [3.63, 3.8) is 0 Å². The summed E-state index contributed by atoms with van der Waals surface area (Å²) in [6.45, 7) is 4.12.